The van der Waals surface area contributed by atoms with E-state index in [0.29, 0.717) is 52.3 Å². The Bertz CT molecular complexity index is 1520. The lowest BCUT2D eigenvalue weighted by atomic mass is 10.2. The lowest BCUT2D eigenvalue weighted by Gasteiger charge is -2.14. The zero-order chi connectivity index (χ0) is 26.6. The standard InChI is InChI=1S/C28H26Cl2N2O4S/c1-19-25(28(33)31-22-9-11-24(12-10-22)37(2,34)35)17-23(14-15-36-18-20-6-4-3-5-7-20)32(19)27-13-8-21(29)16-26(27)30/h3-13,16-17H,14-15,18H2,1-2H3,(H,31,33). The van der Waals surface area contributed by atoms with E-state index in [1.54, 1.807) is 24.3 Å². The number of rotatable bonds is 9. The molecule has 0 aliphatic heterocycles. The zero-order valence-corrected chi connectivity index (χ0v) is 22.7. The third kappa shape index (κ3) is 6.62. The van der Waals surface area contributed by atoms with Gasteiger partial charge in [0.1, 0.15) is 0 Å². The Morgan fingerprint density at radius 2 is 1.68 bits per heavy atom. The van der Waals surface area contributed by atoms with Crippen molar-refractivity contribution in [2.45, 2.75) is 24.8 Å². The number of hydrogen-bond acceptors (Lipinski definition) is 4. The van der Waals surface area contributed by atoms with E-state index in [9.17, 15) is 13.2 Å². The van der Waals surface area contributed by atoms with Crippen molar-refractivity contribution in [3.63, 3.8) is 0 Å². The Labute approximate surface area is 226 Å². The van der Waals surface area contributed by atoms with Gasteiger partial charge >= 0.3 is 0 Å². The van der Waals surface area contributed by atoms with Crippen LogP contribution in [0.4, 0.5) is 5.69 Å². The Hall–Kier alpha value is -3.10. The third-order valence-corrected chi connectivity index (χ3v) is 7.54. The van der Waals surface area contributed by atoms with Gasteiger partial charge < -0.3 is 14.6 Å². The highest BCUT2D eigenvalue weighted by Crippen LogP contribution is 2.30. The molecular weight excluding hydrogens is 531 g/mol. The van der Waals surface area contributed by atoms with E-state index in [0.717, 1.165) is 17.5 Å². The van der Waals surface area contributed by atoms with E-state index in [-0.39, 0.29) is 10.8 Å². The molecule has 4 aromatic rings. The van der Waals surface area contributed by atoms with Gasteiger partial charge in [-0.15, -0.1) is 0 Å². The molecule has 192 valence electrons. The van der Waals surface area contributed by atoms with Gasteiger partial charge in [0.2, 0.25) is 0 Å². The van der Waals surface area contributed by atoms with Crippen LogP contribution in [0, 0.1) is 6.92 Å². The van der Waals surface area contributed by atoms with Crippen LogP contribution in [-0.2, 0) is 27.6 Å². The van der Waals surface area contributed by atoms with Crippen molar-refractivity contribution < 1.29 is 17.9 Å². The summed E-state index contributed by atoms with van der Waals surface area (Å²) in [6, 6.07) is 23.0. The highest BCUT2D eigenvalue weighted by molar-refractivity contribution is 7.90. The van der Waals surface area contributed by atoms with Crippen LogP contribution >= 0.6 is 23.2 Å². The van der Waals surface area contributed by atoms with E-state index in [1.165, 1.54) is 12.1 Å². The number of carbonyl (C=O) groups is 1. The van der Waals surface area contributed by atoms with Gasteiger partial charge in [-0.1, -0.05) is 53.5 Å². The number of nitrogens with one attached hydrogen (secondary N) is 1. The van der Waals surface area contributed by atoms with E-state index in [2.05, 4.69) is 5.32 Å². The van der Waals surface area contributed by atoms with Gasteiger partial charge in [-0.2, -0.15) is 0 Å². The van der Waals surface area contributed by atoms with Crippen molar-refractivity contribution in [1.82, 2.24) is 4.57 Å². The molecule has 0 aliphatic carbocycles. The summed E-state index contributed by atoms with van der Waals surface area (Å²) >= 11 is 12.6. The molecule has 4 rings (SSSR count). The molecule has 0 aliphatic rings. The summed E-state index contributed by atoms with van der Waals surface area (Å²) in [6.07, 6.45) is 1.68. The fourth-order valence-corrected chi connectivity index (χ4v) is 5.13. The molecule has 3 aromatic carbocycles. The van der Waals surface area contributed by atoms with Gasteiger partial charge in [0.25, 0.3) is 5.91 Å². The summed E-state index contributed by atoms with van der Waals surface area (Å²) in [4.78, 5) is 13.4. The van der Waals surface area contributed by atoms with Crippen LogP contribution < -0.4 is 5.32 Å². The van der Waals surface area contributed by atoms with Gasteiger partial charge in [-0.05, 0) is 61.0 Å². The number of aromatic nitrogens is 1. The van der Waals surface area contributed by atoms with E-state index in [1.807, 2.05) is 54.0 Å². The zero-order valence-electron chi connectivity index (χ0n) is 20.4. The molecule has 0 saturated carbocycles. The summed E-state index contributed by atoms with van der Waals surface area (Å²) in [5.74, 6) is -0.320. The quantitative estimate of drug-likeness (QED) is 0.238. The SMILES string of the molecule is Cc1c(C(=O)Nc2ccc(S(C)(=O)=O)cc2)cc(CCOCc2ccccc2)n1-c1ccc(Cl)cc1Cl. The lowest BCUT2D eigenvalue weighted by Crippen LogP contribution is -2.13. The molecule has 1 N–H and O–H groups in total. The first kappa shape index (κ1) is 26.9. The van der Waals surface area contributed by atoms with Crippen LogP contribution in [0.1, 0.15) is 27.3 Å². The van der Waals surface area contributed by atoms with Crippen LogP contribution in [0.15, 0.2) is 83.8 Å². The fraction of sp³-hybridized carbons (Fsp3) is 0.179. The summed E-state index contributed by atoms with van der Waals surface area (Å²) in [6.45, 7) is 2.78. The predicted octanol–water partition coefficient (Wildman–Crippen LogP) is 6.51. The summed E-state index contributed by atoms with van der Waals surface area (Å²) < 4.78 is 31.3. The minimum atomic E-state index is -3.33. The maximum absolute atomic E-state index is 13.2. The topological polar surface area (TPSA) is 77.4 Å². The summed E-state index contributed by atoms with van der Waals surface area (Å²) in [5, 5.41) is 3.82. The minimum Gasteiger partial charge on any atom is -0.376 e. The smallest absolute Gasteiger partial charge is 0.257 e. The maximum atomic E-state index is 13.2. The Balaban J connectivity index is 1.59. The summed E-state index contributed by atoms with van der Waals surface area (Å²) in [7, 11) is -3.33. The molecule has 37 heavy (non-hydrogen) atoms. The second-order valence-electron chi connectivity index (χ2n) is 8.60. The molecule has 9 heteroatoms. The number of halogens is 2. The van der Waals surface area contributed by atoms with Gasteiger partial charge in [0.15, 0.2) is 9.84 Å². The molecule has 1 heterocycles. The highest BCUT2D eigenvalue weighted by Gasteiger charge is 2.20. The van der Waals surface area contributed by atoms with Crippen molar-refractivity contribution in [2.75, 3.05) is 18.2 Å². The molecule has 1 aromatic heterocycles. The van der Waals surface area contributed by atoms with Crippen molar-refractivity contribution in [3.05, 3.63) is 111 Å². The van der Waals surface area contributed by atoms with E-state index in [4.69, 9.17) is 27.9 Å². The maximum Gasteiger partial charge on any atom is 0.257 e. The Kier molecular flexibility index (Phi) is 8.39. The lowest BCUT2D eigenvalue weighted by molar-refractivity contribution is 0.102. The first-order valence-electron chi connectivity index (χ1n) is 11.5. The number of carbonyl (C=O) groups excluding carboxylic acids is 1. The van der Waals surface area contributed by atoms with E-state index >= 15 is 0 Å². The van der Waals surface area contributed by atoms with Crippen LogP contribution in [0.3, 0.4) is 0 Å². The van der Waals surface area contributed by atoms with Crippen molar-refractivity contribution in [3.8, 4) is 5.69 Å². The molecule has 0 atom stereocenters. The molecule has 0 bridgehead atoms. The van der Waals surface area contributed by atoms with Crippen LogP contribution in [0.2, 0.25) is 10.0 Å². The van der Waals surface area contributed by atoms with Crippen LogP contribution in [0.25, 0.3) is 5.69 Å². The normalized spacial score (nSPS) is 11.5. The molecule has 0 spiro atoms. The Morgan fingerprint density at radius 1 is 0.973 bits per heavy atom. The first-order chi connectivity index (χ1) is 17.6. The molecule has 0 unspecified atom stereocenters. The van der Waals surface area contributed by atoms with Crippen molar-refractivity contribution >= 4 is 44.6 Å². The monoisotopic (exact) mass is 556 g/mol. The summed E-state index contributed by atoms with van der Waals surface area (Å²) in [5.41, 5.74) is 4.30. The van der Waals surface area contributed by atoms with E-state index < -0.39 is 9.84 Å². The average Bonchev–Trinajstić information content (AvgIpc) is 3.18. The molecular formula is C28H26Cl2N2O4S. The Morgan fingerprint density at radius 3 is 2.32 bits per heavy atom. The van der Waals surface area contributed by atoms with Gasteiger partial charge in [0, 0.05) is 34.8 Å². The predicted molar refractivity (Wildman–Crippen MR) is 148 cm³/mol. The molecule has 1 amide bonds. The van der Waals surface area contributed by atoms with Crippen LogP contribution in [-0.4, -0.2) is 31.8 Å². The molecule has 6 nitrogen and oxygen atoms in total. The number of sulfone groups is 1. The minimum absolute atomic E-state index is 0.183. The molecule has 0 saturated heterocycles. The second-order valence-corrected chi connectivity index (χ2v) is 11.5. The number of anilines is 1. The number of nitrogens with zero attached hydrogens (tertiary/aromatic N) is 1. The number of hydrogen-bond donors (Lipinski definition) is 1. The average molecular weight is 557 g/mol. The van der Waals surface area contributed by atoms with Crippen molar-refractivity contribution in [2.24, 2.45) is 0 Å². The van der Waals surface area contributed by atoms with Gasteiger partial charge in [-0.25, -0.2) is 8.42 Å². The second kappa shape index (κ2) is 11.5. The fourth-order valence-electron chi connectivity index (χ4n) is 4.01. The largest absolute Gasteiger partial charge is 0.376 e. The third-order valence-electron chi connectivity index (χ3n) is 5.87. The van der Waals surface area contributed by atoms with Gasteiger partial charge in [-0.3, -0.25) is 4.79 Å². The highest BCUT2D eigenvalue weighted by atomic mass is 35.5. The number of ether oxygens (including phenoxy) is 1. The van der Waals surface area contributed by atoms with Gasteiger partial charge in [0.05, 0.1) is 34.4 Å². The number of amides is 1. The number of benzene rings is 3. The van der Waals surface area contributed by atoms with Crippen molar-refractivity contribution in [1.29, 1.82) is 0 Å². The molecule has 0 fully saturated rings. The first-order valence-corrected chi connectivity index (χ1v) is 14.2. The van der Waals surface area contributed by atoms with Crippen LogP contribution in [0.5, 0.6) is 0 Å². The molecule has 0 radical (unpaired) electrons.